The quantitative estimate of drug-likeness (QED) is 0.605. The molecule has 0 fully saturated rings. The molecule has 29 heavy (non-hydrogen) atoms. The van der Waals surface area contributed by atoms with Gasteiger partial charge in [-0.15, -0.1) is 0 Å². The van der Waals surface area contributed by atoms with Crippen molar-refractivity contribution in [2.75, 3.05) is 20.8 Å². The number of hydrogen-bond acceptors (Lipinski definition) is 5. The zero-order valence-corrected chi connectivity index (χ0v) is 16.7. The van der Waals surface area contributed by atoms with Crippen LogP contribution in [0, 0.1) is 0 Å². The summed E-state index contributed by atoms with van der Waals surface area (Å²) in [6, 6.07) is 7.66. The summed E-state index contributed by atoms with van der Waals surface area (Å²) in [6.45, 7) is 0.214. The van der Waals surface area contributed by atoms with Gasteiger partial charge in [-0.05, 0) is 17.7 Å². The minimum atomic E-state index is -1.11. The van der Waals surface area contributed by atoms with Gasteiger partial charge in [0, 0.05) is 37.5 Å². The van der Waals surface area contributed by atoms with E-state index in [1.54, 1.807) is 17.1 Å². The van der Waals surface area contributed by atoms with Crippen molar-refractivity contribution in [3.8, 4) is 22.6 Å². The van der Waals surface area contributed by atoms with Crippen molar-refractivity contribution >= 4 is 17.6 Å². The molecule has 0 radical (unpaired) electrons. The van der Waals surface area contributed by atoms with Crippen molar-refractivity contribution < 1.29 is 19.4 Å². The van der Waals surface area contributed by atoms with E-state index < -0.39 is 17.6 Å². The fraction of sp³-hybridized carbons (Fsp3) is 0.250. The van der Waals surface area contributed by atoms with Crippen molar-refractivity contribution in [3.63, 3.8) is 0 Å². The molecule has 8 nitrogen and oxygen atoms in total. The van der Waals surface area contributed by atoms with E-state index in [-0.39, 0.29) is 13.0 Å². The summed E-state index contributed by atoms with van der Waals surface area (Å²) in [4.78, 5) is 28.3. The van der Waals surface area contributed by atoms with Gasteiger partial charge in [-0.2, -0.15) is 0 Å². The monoisotopic (exact) mass is 417 g/mol. The molecule has 0 spiro atoms. The van der Waals surface area contributed by atoms with Gasteiger partial charge in [0.25, 0.3) is 5.56 Å². The predicted molar refractivity (Wildman–Crippen MR) is 108 cm³/mol. The number of carboxylic acids is 1. The van der Waals surface area contributed by atoms with Crippen molar-refractivity contribution in [2.45, 2.75) is 12.5 Å². The minimum absolute atomic E-state index is 0.161. The smallest absolute Gasteiger partial charge is 0.326 e. The summed E-state index contributed by atoms with van der Waals surface area (Å²) in [6.07, 6.45) is 4.73. The maximum Gasteiger partial charge on any atom is 0.326 e. The number of halogens is 1. The van der Waals surface area contributed by atoms with E-state index in [4.69, 9.17) is 21.1 Å². The molecule has 1 unspecified atom stereocenters. The van der Waals surface area contributed by atoms with Crippen LogP contribution in [0.4, 0.5) is 0 Å². The van der Waals surface area contributed by atoms with E-state index >= 15 is 0 Å². The van der Waals surface area contributed by atoms with Crippen molar-refractivity contribution in [1.82, 2.24) is 14.1 Å². The molecule has 1 aromatic carbocycles. The molecule has 0 aliphatic carbocycles. The Morgan fingerprint density at radius 1 is 1.28 bits per heavy atom. The normalized spacial score (nSPS) is 12.0. The number of hydrogen-bond donors (Lipinski definition) is 1. The highest BCUT2D eigenvalue weighted by Gasteiger charge is 2.22. The first-order chi connectivity index (χ1) is 14.0. The van der Waals surface area contributed by atoms with Crippen LogP contribution in [0.3, 0.4) is 0 Å². The summed E-state index contributed by atoms with van der Waals surface area (Å²) in [7, 11) is 2.95. The topological polar surface area (TPSA) is 95.6 Å². The maximum atomic E-state index is 12.7. The number of pyridine rings is 1. The number of aliphatic carboxylic acids is 1. The van der Waals surface area contributed by atoms with E-state index in [9.17, 15) is 14.7 Å². The molecule has 0 aliphatic rings. The molecule has 152 valence electrons. The number of imidazole rings is 1. The first-order valence-corrected chi connectivity index (χ1v) is 9.14. The molecule has 2 heterocycles. The molecule has 3 rings (SSSR count). The number of aromatic nitrogens is 3. The second-order valence-electron chi connectivity index (χ2n) is 6.27. The molecule has 1 N–H and O–H groups in total. The zero-order chi connectivity index (χ0) is 21.0. The van der Waals surface area contributed by atoms with Crippen LogP contribution in [0.1, 0.15) is 12.5 Å². The van der Waals surface area contributed by atoms with Crippen LogP contribution in [0.5, 0.6) is 5.75 Å². The van der Waals surface area contributed by atoms with Gasteiger partial charge < -0.3 is 14.6 Å². The lowest BCUT2D eigenvalue weighted by atomic mass is 10.0. The Balaban J connectivity index is 2.00. The average Bonchev–Trinajstić information content (AvgIpc) is 3.14. The molecule has 3 aromatic rings. The Morgan fingerprint density at radius 3 is 2.55 bits per heavy atom. The fourth-order valence-electron chi connectivity index (χ4n) is 3.04. The van der Waals surface area contributed by atoms with E-state index in [0.29, 0.717) is 16.5 Å². The number of benzene rings is 1. The highest BCUT2D eigenvalue weighted by atomic mass is 35.5. The Hall–Kier alpha value is -3.10. The second kappa shape index (κ2) is 8.93. The SMILES string of the molecule is COCCC(C(=O)O)n1cc(OC)c(-c2ccc(-n3cncc3Cl)cc2)cc1=O. The van der Waals surface area contributed by atoms with Crippen LogP contribution in [-0.2, 0) is 9.53 Å². The minimum Gasteiger partial charge on any atom is -0.495 e. The number of methoxy groups -OCH3 is 2. The van der Waals surface area contributed by atoms with Crippen LogP contribution in [-0.4, -0.2) is 46.0 Å². The number of carboxylic acid groups (broad SMARTS) is 1. The average molecular weight is 418 g/mol. The van der Waals surface area contributed by atoms with E-state index in [1.165, 1.54) is 26.5 Å². The van der Waals surface area contributed by atoms with Crippen LogP contribution < -0.4 is 10.3 Å². The highest BCUT2D eigenvalue weighted by molar-refractivity contribution is 6.29. The molecule has 9 heteroatoms. The lowest BCUT2D eigenvalue weighted by molar-refractivity contribution is -0.141. The summed E-state index contributed by atoms with van der Waals surface area (Å²) in [5, 5.41) is 9.98. The number of ether oxygens (including phenoxy) is 2. The molecule has 0 saturated carbocycles. The molecule has 0 bridgehead atoms. The maximum absolute atomic E-state index is 12.7. The number of rotatable bonds is 8. The standard InChI is InChI=1S/C20H20ClN3O5/c1-28-8-7-16(20(26)27)23-11-17(29-2)15(9-19(23)25)13-3-5-14(6-4-13)24-12-22-10-18(24)21/h3-6,9-12,16H,7-8H2,1-2H3,(H,26,27). The first-order valence-electron chi connectivity index (χ1n) is 8.76. The van der Waals surface area contributed by atoms with Gasteiger partial charge in [0.15, 0.2) is 0 Å². The summed E-state index contributed by atoms with van der Waals surface area (Å²) in [5.41, 5.74) is 1.68. The van der Waals surface area contributed by atoms with Crippen LogP contribution >= 0.6 is 11.6 Å². The van der Waals surface area contributed by atoms with Gasteiger partial charge in [-0.3, -0.25) is 13.9 Å². The summed E-state index contributed by atoms with van der Waals surface area (Å²) in [5.74, 6) is -0.720. The lowest BCUT2D eigenvalue weighted by Gasteiger charge is -2.18. The molecular weight excluding hydrogens is 398 g/mol. The van der Waals surface area contributed by atoms with Crippen molar-refractivity contribution in [2.24, 2.45) is 0 Å². The van der Waals surface area contributed by atoms with Crippen LogP contribution in [0.15, 0.2) is 53.8 Å². The highest BCUT2D eigenvalue weighted by Crippen LogP contribution is 2.30. The summed E-state index contributed by atoms with van der Waals surface area (Å²) >= 11 is 6.09. The Morgan fingerprint density at radius 2 is 2.00 bits per heavy atom. The molecule has 2 aromatic heterocycles. The van der Waals surface area contributed by atoms with Crippen molar-refractivity contribution in [1.29, 1.82) is 0 Å². The second-order valence-corrected chi connectivity index (χ2v) is 6.66. The number of carbonyl (C=O) groups is 1. The van der Waals surface area contributed by atoms with Crippen LogP contribution in [0.2, 0.25) is 5.15 Å². The van der Waals surface area contributed by atoms with Gasteiger partial charge in [-0.25, -0.2) is 9.78 Å². The van der Waals surface area contributed by atoms with Gasteiger partial charge in [0.1, 0.15) is 23.3 Å². The summed E-state index contributed by atoms with van der Waals surface area (Å²) < 4.78 is 13.3. The van der Waals surface area contributed by atoms with Crippen LogP contribution in [0.25, 0.3) is 16.8 Å². The lowest BCUT2D eigenvalue weighted by Crippen LogP contribution is -2.30. The fourth-order valence-corrected chi connectivity index (χ4v) is 3.24. The van der Waals surface area contributed by atoms with Gasteiger partial charge in [-0.1, -0.05) is 23.7 Å². The predicted octanol–water partition coefficient (Wildman–Crippen LogP) is 3.03. The Labute approximate surface area is 171 Å². The third kappa shape index (κ3) is 4.33. The van der Waals surface area contributed by atoms with E-state index in [1.807, 2.05) is 24.3 Å². The largest absolute Gasteiger partial charge is 0.495 e. The molecule has 0 aliphatic heterocycles. The van der Waals surface area contributed by atoms with E-state index in [2.05, 4.69) is 4.98 Å². The molecule has 1 atom stereocenters. The zero-order valence-electron chi connectivity index (χ0n) is 15.9. The first kappa shape index (κ1) is 20.6. The Kier molecular flexibility index (Phi) is 6.36. The van der Waals surface area contributed by atoms with Gasteiger partial charge >= 0.3 is 5.97 Å². The van der Waals surface area contributed by atoms with E-state index in [0.717, 1.165) is 15.8 Å². The van der Waals surface area contributed by atoms with Crippen molar-refractivity contribution in [3.05, 3.63) is 64.6 Å². The molecular formula is C20H20ClN3O5. The van der Waals surface area contributed by atoms with Gasteiger partial charge in [0.05, 0.1) is 19.5 Å². The molecule has 0 amide bonds. The third-order valence-corrected chi connectivity index (χ3v) is 4.81. The molecule has 0 saturated heterocycles. The number of nitrogens with zero attached hydrogens (tertiary/aromatic N) is 3. The Bertz CT molecular complexity index is 1060. The third-order valence-electron chi connectivity index (χ3n) is 4.53. The van der Waals surface area contributed by atoms with Gasteiger partial charge in [0.2, 0.25) is 0 Å².